The minimum absolute atomic E-state index is 0.692. The Morgan fingerprint density at radius 3 is 3.00 bits per heavy atom. The molecule has 2 bridgehead atoms. The van der Waals surface area contributed by atoms with E-state index < -0.39 is 0 Å². The number of para-hydroxylation sites is 1. The van der Waals surface area contributed by atoms with E-state index in [1.165, 1.54) is 12.0 Å². The lowest BCUT2D eigenvalue weighted by molar-refractivity contribution is 0.217. The molecule has 0 spiro atoms. The number of piperazine rings is 1. The van der Waals surface area contributed by atoms with Crippen molar-refractivity contribution in [3.63, 3.8) is 0 Å². The zero-order chi connectivity index (χ0) is 15.9. The van der Waals surface area contributed by atoms with Gasteiger partial charge in [0.2, 0.25) is 0 Å². The number of ether oxygens (including phenoxy) is 1. The SMILES string of the molecule is c1cc(CN2C[C@@H]3C[C@H]2CN3)cc(Oc2nc3ccccc3s2)c1. The van der Waals surface area contributed by atoms with Gasteiger partial charge in [-0.05, 0) is 36.2 Å². The van der Waals surface area contributed by atoms with E-state index in [0.29, 0.717) is 17.3 Å². The molecule has 0 unspecified atom stereocenters. The number of thiazole rings is 1. The maximum absolute atomic E-state index is 6.01. The molecule has 122 valence electrons. The van der Waals surface area contributed by atoms with Gasteiger partial charge in [-0.2, -0.15) is 0 Å². The second kappa shape index (κ2) is 5.84. The molecule has 3 aromatic rings. The number of aromatic nitrogens is 1. The first kappa shape index (κ1) is 14.4. The highest BCUT2D eigenvalue weighted by Crippen LogP contribution is 2.32. The molecule has 24 heavy (non-hydrogen) atoms. The maximum atomic E-state index is 6.01. The Morgan fingerprint density at radius 2 is 2.17 bits per heavy atom. The first-order valence-corrected chi connectivity index (χ1v) is 9.25. The van der Waals surface area contributed by atoms with Crippen molar-refractivity contribution in [3.8, 4) is 10.9 Å². The lowest BCUT2D eigenvalue weighted by Gasteiger charge is -2.27. The zero-order valence-electron chi connectivity index (χ0n) is 13.3. The Kier molecular flexibility index (Phi) is 3.51. The summed E-state index contributed by atoms with van der Waals surface area (Å²) in [7, 11) is 0. The van der Waals surface area contributed by atoms with Crippen LogP contribution in [-0.2, 0) is 6.54 Å². The quantitative estimate of drug-likeness (QED) is 0.789. The summed E-state index contributed by atoms with van der Waals surface area (Å²) in [6.07, 6.45) is 1.29. The van der Waals surface area contributed by atoms with Crippen molar-refractivity contribution >= 4 is 21.6 Å². The number of hydrogen-bond donors (Lipinski definition) is 1. The Morgan fingerprint density at radius 1 is 1.21 bits per heavy atom. The Balaban J connectivity index is 1.33. The number of fused-ring (bicyclic) bond motifs is 3. The van der Waals surface area contributed by atoms with Crippen LogP contribution in [0.25, 0.3) is 10.2 Å². The van der Waals surface area contributed by atoms with Crippen molar-refractivity contribution in [1.29, 1.82) is 0 Å². The molecule has 1 aromatic heterocycles. The molecule has 2 fully saturated rings. The van der Waals surface area contributed by atoms with Gasteiger partial charge in [-0.15, -0.1) is 0 Å². The van der Waals surface area contributed by atoms with Crippen LogP contribution >= 0.6 is 11.3 Å². The first-order valence-electron chi connectivity index (χ1n) is 8.43. The molecule has 3 heterocycles. The van der Waals surface area contributed by atoms with Gasteiger partial charge < -0.3 is 10.1 Å². The van der Waals surface area contributed by atoms with Crippen molar-refractivity contribution < 1.29 is 4.74 Å². The third-order valence-electron chi connectivity index (χ3n) is 4.93. The molecule has 0 aliphatic carbocycles. The molecule has 0 saturated carbocycles. The maximum Gasteiger partial charge on any atom is 0.279 e. The molecular weight excluding hydrogens is 318 g/mol. The van der Waals surface area contributed by atoms with Gasteiger partial charge >= 0.3 is 0 Å². The number of likely N-dealkylation sites (tertiary alicyclic amines) is 1. The van der Waals surface area contributed by atoms with Crippen LogP contribution in [0.4, 0.5) is 0 Å². The standard InChI is InChI=1S/C19H19N3OS/c1-2-7-18-17(6-1)21-19(24-18)23-16-5-3-4-13(8-16)11-22-12-14-9-15(22)10-20-14/h1-8,14-15,20H,9-12H2/t14-,15-/m0/s1. The zero-order valence-corrected chi connectivity index (χ0v) is 14.1. The molecule has 2 saturated heterocycles. The summed E-state index contributed by atoms with van der Waals surface area (Å²) in [5.74, 6) is 0.869. The van der Waals surface area contributed by atoms with Crippen molar-refractivity contribution in [2.24, 2.45) is 0 Å². The van der Waals surface area contributed by atoms with Crippen LogP contribution in [-0.4, -0.2) is 35.1 Å². The second-order valence-electron chi connectivity index (χ2n) is 6.62. The van der Waals surface area contributed by atoms with Crippen LogP contribution in [0.15, 0.2) is 48.5 Å². The summed E-state index contributed by atoms with van der Waals surface area (Å²) in [5, 5.41) is 4.26. The molecular formula is C19H19N3OS. The topological polar surface area (TPSA) is 37.4 Å². The van der Waals surface area contributed by atoms with Gasteiger partial charge in [0.05, 0.1) is 10.2 Å². The largest absolute Gasteiger partial charge is 0.431 e. The van der Waals surface area contributed by atoms with E-state index in [1.54, 1.807) is 11.3 Å². The summed E-state index contributed by atoms with van der Waals surface area (Å²) >= 11 is 1.59. The molecule has 5 rings (SSSR count). The highest BCUT2D eigenvalue weighted by molar-refractivity contribution is 7.20. The van der Waals surface area contributed by atoms with Gasteiger partial charge in [0.25, 0.3) is 5.19 Å². The lowest BCUT2D eigenvalue weighted by atomic mass is 10.2. The Hall–Kier alpha value is -1.95. The number of nitrogens with zero attached hydrogens (tertiary/aromatic N) is 2. The second-order valence-corrected chi connectivity index (χ2v) is 7.61. The predicted molar refractivity (Wildman–Crippen MR) is 96.7 cm³/mol. The fraction of sp³-hybridized carbons (Fsp3) is 0.316. The fourth-order valence-electron chi connectivity index (χ4n) is 3.78. The van der Waals surface area contributed by atoms with Crippen LogP contribution < -0.4 is 10.1 Å². The smallest absolute Gasteiger partial charge is 0.279 e. The summed E-state index contributed by atoms with van der Waals surface area (Å²) in [4.78, 5) is 7.13. The van der Waals surface area contributed by atoms with Crippen molar-refractivity contribution in [2.75, 3.05) is 13.1 Å². The van der Waals surface area contributed by atoms with Crippen molar-refractivity contribution in [1.82, 2.24) is 15.2 Å². The molecule has 2 aromatic carbocycles. The van der Waals surface area contributed by atoms with E-state index in [-0.39, 0.29) is 0 Å². The van der Waals surface area contributed by atoms with Gasteiger partial charge in [0, 0.05) is 31.7 Å². The highest BCUT2D eigenvalue weighted by atomic mass is 32.1. The third-order valence-corrected chi connectivity index (χ3v) is 5.85. The van der Waals surface area contributed by atoms with Crippen molar-refractivity contribution in [2.45, 2.75) is 25.0 Å². The number of hydrogen-bond acceptors (Lipinski definition) is 5. The molecule has 2 aliphatic rings. The summed E-state index contributed by atoms with van der Waals surface area (Å²) in [6, 6.07) is 17.9. The van der Waals surface area contributed by atoms with E-state index >= 15 is 0 Å². The van der Waals surface area contributed by atoms with Gasteiger partial charge in [-0.3, -0.25) is 4.90 Å². The fourth-order valence-corrected chi connectivity index (χ4v) is 4.61. The van der Waals surface area contributed by atoms with Crippen LogP contribution in [0.3, 0.4) is 0 Å². The average Bonchev–Trinajstić information content (AvgIpc) is 3.29. The van der Waals surface area contributed by atoms with E-state index in [1.807, 2.05) is 24.3 Å². The average molecular weight is 337 g/mol. The van der Waals surface area contributed by atoms with Gasteiger partial charge in [0.1, 0.15) is 5.75 Å². The molecule has 2 atom stereocenters. The molecule has 5 heteroatoms. The van der Waals surface area contributed by atoms with Crippen LogP contribution in [0, 0.1) is 0 Å². The van der Waals surface area contributed by atoms with Crippen molar-refractivity contribution in [3.05, 3.63) is 54.1 Å². The molecule has 2 aliphatic heterocycles. The number of nitrogens with one attached hydrogen (secondary N) is 1. The third kappa shape index (κ3) is 2.69. The summed E-state index contributed by atoms with van der Waals surface area (Å²) in [6.45, 7) is 3.29. The molecule has 1 N–H and O–H groups in total. The number of benzene rings is 2. The van der Waals surface area contributed by atoms with Crippen LogP contribution in [0.1, 0.15) is 12.0 Å². The minimum atomic E-state index is 0.692. The van der Waals surface area contributed by atoms with Gasteiger partial charge in [0.15, 0.2) is 0 Å². The van der Waals surface area contributed by atoms with E-state index in [9.17, 15) is 0 Å². The normalized spacial score (nSPS) is 23.2. The van der Waals surface area contributed by atoms with E-state index in [4.69, 9.17) is 4.74 Å². The monoisotopic (exact) mass is 337 g/mol. The number of rotatable bonds is 4. The van der Waals surface area contributed by atoms with Gasteiger partial charge in [-0.25, -0.2) is 4.98 Å². The minimum Gasteiger partial charge on any atom is -0.431 e. The summed E-state index contributed by atoms with van der Waals surface area (Å²) in [5.41, 5.74) is 2.30. The lowest BCUT2D eigenvalue weighted by Crippen LogP contribution is -2.42. The summed E-state index contributed by atoms with van der Waals surface area (Å²) < 4.78 is 7.16. The predicted octanol–water partition coefficient (Wildman–Crippen LogP) is 3.63. The van der Waals surface area contributed by atoms with Gasteiger partial charge in [-0.1, -0.05) is 35.6 Å². The van der Waals surface area contributed by atoms with E-state index in [2.05, 4.69) is 39.5 Å². The molecule has 0 radical (unpaired) electrons. The van der Waals surface area contributed by atoms with E-state index in [0.717, 1.165) is 35.6 Å². The van der Waals surface area contributed by atoms with Crippen LogP contribution in [0.5, 0.6) is 10.9 Å². The first-order chi connectivity index (χ1) is 11.8. The highest BCUT2D eigenvalue weighted by Gasteiger charge is 2.37. The molecule has 4 nitrogen and oxygen atoms in total. The Bertz CT molecular complexity index is 845. The Labute approximate surface area is 145 Å². The molecule has 0 amide bonds. The van der Waals surface area contributed by atoms with Crippen LogP contribution in [0.2, 0.25) is 0 Å².